The normalized spacial score (nSPS) is 17.1. The number of amides is 1. The average molecular weight is 372 g/mol. The summed E-state index contributed by atoms with van der Waals surface area (Å²) in [6.07, 6.45) is 4.03. The molecule has 0 radical (unpaired) electrons. The number of hydrogen-bond donors (Lipinski definition) is 0. The third-order valence-electron chi connectivity index (χ3n) is 4.68. The molecule has 144 valence electrons. The van der Waals surface area contributed by atoms with Crippen LogP contribution in [0.3, 0.4) is 0 Å². The molecule has 3 rings (SSSR count). The van der Waals surface area contributed by atoms with Crippen LogP contribution in [0.15, 0.2) is 36.7 Å². The number of nitrogens with zero attached hydrogens (tertiary/aromatic N) is 4. The Morgan fingerprint density at radius 1 is 1.26 bits per heavy atom. The van der Waals surface area contributed by atoms with Gasteiger partial charge in [0.25, 0.3) is 0 Å². The molecule has 1 aliphatic rings. The van der Waals surface area contributed by atoms with Gasteiger partial charge in [-0.15, -0.1) is 0 Å². The molecule has 1 amide bonds. The third kappa shape index (κ3) is 4.93. The molecule has 0 spiro atoms. The Kier molecular flexibility index (Phi) is 6.21. The molecule has 27 heavy (non-hydrogen) atoms. The van der Waals surface area contributed by atoms with Crippen molar-refractivity contribution in [2.75, 3.05) is 24.5 Å². The molecular formula is C20H25FN4O2. The van der Waals surface area contributed by atoms with Gasteiger partial charge in [0, 0.05) is 38.2 Å². The van der Waals surface area contributed by atoms with Crippen molar-refractivity contribution in [1.82, 2.24) is 14.9 Å². The van der Waals surface area contributed by atoms with Crippen LogP contribution in [0.25, 0.3) is 0 Å². The van der Waals surface area contributed by atoms with Gasteiger partial charge in [-0.3, -0.25) is 4.79 Å². The fourth-order valence-electron chi connectivity index (χ4n) is 3.19. The highest BCUT2D eigenvalue weighted by Crippen LogP contribution is 2.24. The molecule has 0 unspecified atom stereocenters. The molecule has 1 aromatic carbocycles. The second kappa shape index (κ2) is 8.79. The maximum absolute atomic E-state index is 13.0. The Hall–Kier alpha value is -2.70. The lowest BCUT2D eigenvalue weighted by Gasteiger charge is -2.40. The Morgan fingerprint density at radius 2 is 2.04 bits per heavy atom. The molecule has 2 aromatic rings. The van der Waals surface area contributed by atoms with Crippen LogP contribution in [-0.2, 0) is 4.79 Å². The second-order valence-corrected chi connectivity index (χ2v) is 6.76. The van der Waals surface area contributed by atoms with Gasteiger partial charge >= 0.3 is 0 Å². The van der Waals surface area contributed by atoms with Crippen LogP contribution in [0.5, 0.6) is 11.6 Å². The zero-order chi connectivity index (χ0) is 19.2. The Balaban J connectivity index is 1.64. The molecule has 0 aliphatic carbocycles. The third-order valence-corrected chi connectivity index (χ3v) is 4.68. The summed E-state index contributed by atoms with van der Waals surface area (Å²) in [5.41, 5.74) is 0. The molecule has 6 nitrogen and oxygen atoms in total. The van der Waals surface area contributed by atoms with E-state index in [2.05, 4.69) is 28.7 Å². The summed E-state index contributed by atoms with van der Waals surface area (Å²) in [6, 6.07) is 7.69. The zero-order valence-electron chi connectivity index (χ0n) is 15.8. The number of unbranched alkanes of at least 4 members (excludes halogenated alkanes) is 1. The van der Waals surface area contributed by atoms with Crippen LogP contribution in [-0.4, -0.2) is 46.5 Å². The summed E-state index contributed by atoms with van der Waals surface area (Å²) in [7, 11) is 0. The minimum Gasteiger partial charge on any atom is -0.439 e. The SMILES string of the molecule is CCCCC(=O)N1CCN(c2cc(Oc3ccc(F)cc3)ncn2)C[C@H]1C. The first-order valence-corrected chi connectivity index (χ1v) is 9.36. The minimum absolute atomic E-state index is 0.125. The molecular weight excluding hydrogens is 347 g/mol. The van der Waals surface area contributed by atoms with Crippen LogP contribution >= 0.6 is 0 Å². The van der Waals surface area contributed by atoms with Crippen LogP contribution < -0.4 is 9.64 Å². The van der Waals surface area contributed by atoms with E-state index in [-0.39, 0.29) is 17.8 Å². The van der Waals surface area contributed by atoms with Crippen molar-refractivity contribution in [1.29, 1.82) is 0 Å². The minimum atomic E-state index is -0.314. The van der Waals surface area contributed by atoms with E-state index in [1.165, 1.54) is 18.5 Å². The molecule has 7 heteroatoms. The van der Waals surface area contributed by atoms with E-state index in [4.69, 9.17) is 4.74 Å². The number of carbonyl (C=O) groups is 1. The van der Waals surface area contributed by atoms with Crippen molar-refractivity contribution in [3.05, 3.63) is 42.5 Å². The van der Waals surface area contributed by atoms with Crippen molar-refractivity contribution < 1.29 is 13.9 Å². The lowest BCUT2D eigenvalue weighted by atomic mass is 10.1. The first kappa shape index (κ1) is 19.1. The largest absolute Gasteiger partial charge is 0.439 e. The van der Waals surface area contributed by atoms with Gasteiger partial charge in [-0.1, -0.05) is 13.3 Å². The van der Waals surface area contributed by atoms with Gasteiger partial charge < -0.3 is 14.5 Å². The predicted octanol–water partition coefficient (Wildman–Crippen LogP) is 3.64. The highest BCUT2D eigenvalue weighted by atomic mass is 19.1. The van der Waals surface area contributed by atoms with Crippen molar-refractivity contribution >= 4 is 11.7 Å². The number of halogens is 1. The van der Waals surface area contributed by atoms with Crippen molar-refractivity contribution in [3.8, 4) is 11.6 Å². The summed E-state index contributed by atoms with van der Waals surface area (Å²) in [6.45, 7) is 6.27. The van der Waals surface area contributed by atoms with E-state index < -0.39 is 0 Å². The standard InChI is InChI=1S/C20H25FN4O2/c1-3-4-5-20(26)25-11-10-24(13-15(25)2)18-12-19(23-14-22-18)27-17-8-6-16(21)7-9-17/h6-9,12,14-15H,3-5,10-11,13H2,1-2H3/t15-/m1/s1. The van der Waals surface area contributed by atoms with Gasteiger partial charge in [-0.25, -0.2) is 14.4 Å². The maximum Gasteiger partial charge on any atom is 0.224 e. The van der Waals surface area contributed by atoms with Crippen LogP contribution in [0, 0.1) is 5.82 Å². The molecule has 1 aromatic heterocycles. The van der Waals surface area contributed by atoms with E-state index >= 15 is 0 Å². The van der Waals surface area contributed by atoms with E-state index in [1.807, 2.05) is 4.90 Å². The van der Waals surface area contributed by atoms with Gasteiger partial charge in [0.15, 0.2) is 0 Å². The second-order valence-electron chi connectivity index (χ2n) is 6.76. The highest BCUT2D eigenvalue weighted by Gasteiger charge is 2.27. The number of hydrogen-bond acceptors (Lipinski definition) is 5. The number of rotatable bonds is 6. The fourth-order valence-corrected chi connectivity index (χ4v) is 3.19. The van der Waals surface area contributed by atoms with Crippen molar-refractivity contribution in [3.63, 3.8) is 0 Å². The number of anilines is 1. The van der Waals surface area contributed by atoms with Crippen LogP contribution in [0.1, 0.15) is 33.1 Å². The lowest BCUT2D eigenvalue weighted by molar-refractivity contribution is -0.133. The predicted molar refractivity (Wildman–Crippen MR) is 101 cm³/mol. The Labute approximate surface area is 159 Å². The number of carbonyl (C=O) groups excluding carboxylic acids is 1. The van der Waals surface area contributed by atoms with Gasteiger partial charge in [0.2, 0.25) is 11.8 Å². The van der Waals surface area contributed by atoms with Gasteiger partial charge in [0.1, 0.15) is 23.7 Å². The maximum atomic E-state index is 13.0. The molecule has 1 aliphatic heterocycles. The lowest BCUT2D eigenvalue weighted by Crippen LogP contribution is -2.54. The molecule has 1 atom stereocenters. The van der Waals surface area contributed by atoms with E-state index in [1.54, 1.807) is 18.2 Å². The average Bonchev–Trinajstić information content (AvgIpc) is 2.68. The quantitative estimate of drug-likeness (QED) is 0.775. The first-order valence-electron chi connectivity index (χ1n) is 9.36. The fraction of sp³-hybridized carbons (Fsp3) is 0.450. The number of aromatic nitrogens is 2. The zero-order valence-corrected chi connectivity index (χ0v) is 15.8. The van der Waals surface area contributed by atoms with Crippen LogP contribution in [0.2, 0.25) is 0 Å². The molecule has 1 fully saturated rings. The van der Waals surface area contributed by atoms with E-state index in [0.29, 0.717) is 31.1 Å². The van der Waals surface area contributed by atoms with E-state index in [9.17, 15) is 9.18 Å². The van der Waals surface area contributed by atoms with E-state index in [0.717, 1.165) is 25.2 Å². The molecule has 1 saturated heterocycles. The first-order chi connectivity index (χ1) is 13.1. The summed E-state index contributed by atoms with van der Waals surface area (Å²) < 4.78 is 18.7. The molecule has 0 saturated carbocycles. The summed E-state index contributed by atoms with van der Waals surface area (Å²) in [4.78, 5) is 24.9. The topological polar surface area (TPSA) is 58.6 Å². The Morgan fingerprint density at radius 3 is 2.74 bits per heavy atom. The smallest absolute Gasteiger partial charge is 0.224 e. The molecule has 0 N–H and O–H groups in total. The summed E-state index contributed by atoms with van der Waals surface area (Å²) >= 11 is 0. The number of benzene rings is 1. The van der Waals surface area contributed by atoms with Gasteiger partial charge in [0.05, 0.1) is 0 Å². The Bertz CT molecular complexity index is 769. The summed E-state index contributed by atoms with van der Waals surface area (Å²) in [5.74, 6) is 1.59. The van der Waals surface area contributed by atoms with Crippen molar-refractivity contribution in [2.45, 2.75) is 39.2 Å². The summed E-state index contributed by atoms with van der Waals surface area (Å²) in [5, 5.41) is 0. The highest BCUT2D eigenvalue weighted by molar-refractivity contribution is 5.76. The van der Waals surface area contributed by atoms with Crippen molar-refractivity contribution in [2.24, 2.45) is 0 Å². The van der Waals surface area contributed by atoms with Gasteiger partial charge in [-0.05, 0) is 37.6 Å². The number of piperazine rings is 1. The van der Waals surface area contributed by atoms with Gasteiger partial charge in [-0.2, -0.15) is 0 Å². The number of ether oxygens (including phenoxy) is 1. The van der Waals surface area contributed by atoms with Crippen LogP contribution in [0.4, 0.5) is 10.2 Å². The monoisotopic (exact) mass is 372 g/mol. The molecule has 2 heterocycles. The molecule has 0 bridgehead atoms.